The van der Waals surface area contributed by atoms with Crippen LogP contribution >= 0.6 is 0 Å². The van der Waals surface area contributed by atoms with Crippen LogP contribution < -0.4 is 5.32 Å². The van der Waals surface area contributed by atoms with E-state index < -0.39 is 0 Å². The third-order valence-corrected chi connectivity index (χ3v) is 2.70. The van der Waals surface area contributed by atoms with E-state index in [4.69, 9.17) is 4.52 Å². The van der Waals surface area contributed by atoms with E-state index in [1.807, 2.05) is 32.3 Å². The molecule has 4 heteroatoms. The zero-order valence-electron chi connectivity index (χ0n) is 8.59. The Morgan fingerprint density at radius 2 is 2.33 bits per heavy atom. The van der Waals surface area contributed by atoms with Gasteiger partial charge in [-0.1, -0.05) is 0 Å². The highest BCUT2D eigenvalue weighted by molar-refractivity contribution is 6.11. The average Bonchev–Trinajstić information content (AvgIpc) is 2.81. The summed E-state index contributed by atoms with van der Waals surface area (Å²) in [5, 5.41) is 8.12. The van der Waals surface area contributed by atoms with Gasteiger partial charge in [0.15, 0.2) is 5.58 Å². The first kappa shape index (κ1) is 8.35. The van der Waals surface area contributed by atoms with E-state index in [2.05, 4.69) is 15.5 Å². The number of anilines is 1. The second kappa shape index (κ2) is 2.76. The monoisotopic (exact) mass is 201 g/mol. The minimum absolute atomic E-state index is 0.859. The van der Waals surface area contributed by atoms with Gasteiger partial charge in [0.25, 0.3) is 0 Å². The Bertz CT molecular complexity index is 636. The number of fused-ring (bicyclic) bond motifs is 3. The molecule has 0 saturated heterocycles. The van der Waals surface area contributed by atoms with Crippen LogP contribution in [-0.2, 0) is 0 Å². The first-order valence-electron chi connectivity index (χ1n) is 4.84. The van der Waals surface area contributed by atoms with Crippen LogP contribution in [0.25, 0.3) is 21.9 Å². The van der Waals surface area contributed by atoms with Crippen molar-refractivity contribution in [2.45, 2.75) is 6.92 Å². The molecule has 0 radical (unpaired) electrons. The highest BCUT2D eigenvalue weighted by atomic mass is 16.5. The number of aryl methyl sites for hydroxylation is 1. The number of aromatic nitrogens is 2. The maximum absolute atomic E-state index is 5.38. The molecule has 0 atom stereocenters. The Hall–Kier alpha value is -1.97. The largest absolute Gasteiger partial charge is 0.380 e. The van der Waals surface area contributed by atoms with Crippen molar-refractivity contribution >= 4 is 27.7 Å². The topological polar surface area (TPSA) is 53.9 Å². The number of aromatic amines is 1. The fourth-order valence-electron chi connectivity index (χ4n) is 1.99. The van der Waals surface area contributed by atoms with Gasteiger partial charge in [0.05, 0.1) is 10.9 Å². The predicted octanol–water partition coefficient (Wildman–Crippen LogP) is 2.66. The van der Waals surface area contributed by atoms with E-state index in [9.17, 15) is 0 Å². The van der Waals surface area contributed by atoms with E-state index in [0.717, 1.165) is 33.3 Å². The lowest BCUT2D eigenvalue weighted by molar-refractivity contribution is 0.460. The summed E-state index contributed by atoms with van der Waals surface area (Å²) in [6, 6.07) is 4.01. The normalized spacial score (nSPS) is 11.3. The smallest absolute Gasteiger partial charge is 0.167 e. The van der Waals surface area contributed by atoms with Crippen LogP contribution in [0.4, 0.5) is 5.82 Å². The molecule has 0 bridgehead atoms. The van der Waals surface area contributed by atoms with Gasteiger partial charge in [-0.3, -0.25) is 4.98 Å². The molecule has 0 amide bonds. The first-order valence-corrected chi connectivity index (χ1v) is 4.84. The Morgan fingerprint density at radius 3 is 3.13 bits per heavy atom. The van der Waals surface area contributed by atoms with Gasteiger partial charge < -0.3 is 9.84 Å². The minimum atomic E-state index is 0.859. The van der Waals surface area contributed by atoms with Gasteiger partial charge in [0.1, 0.15) is 5.82 Å². The van der Waals surface area contributed by atoms with Gasteiger partial charge in [-0.15, -0.1) is 0 Å². The molecule has 0 aliphatic carbocycles. The summed E-state index contributed by atoms with van der Waals surface area (Å²) in [6.45, 7) is 2.04. The standard InChI is InChI=1S/C11H11N3O/c1-6-5-8-9(11(12-2)14-15-8)7-3-4-13-10(6)7/h3-5,12,14H,1-2H3. The van der Waals surface area contributed by atoms with E-state index in [1.54, 1.807) is 0 Å². The number of rotatable bonds is 1. The van der Waals surface area contributed by atoms with Gasteiger partial charge in [0, 0.05) is 18.6 Å². The molecule has 0 saturated carbocycles. The van der Waals surface area contributed by atoms with Crippen LogP contribution in [0.2, 0.25) is 0 Å². The molecule has 3 aromatic rings. The number of benzene rings is 1. The van der Waals surface area contributed by atoms with E-state index >= 15 is 0 Å². The molecule has 1 aromatic carbocycles. The summed E-state index contributed by atoms with van der Waals surface area (Å²) in [7, 11) is 1.86. The Labute approximate surface area is 86.2 Å². The van der Waals surface area contributed by atoms with Crippen molar-refractivity contribution in [2.75, 3.05) is 12.4 Å². The van der Waals surface area contributed by atoms with Crippen molar-refractivity contribution in [3.63, 3.8) is 0 Å². The molecular formula is C11H11N3O. The van der Waals surface area contributed by atoms with E-state index in [-0.39, 0.29) is 0 Å². The summed E-state index contributed by atoms with van der Waals surface area (Å²) in [5.74, 6) is 0.892. The SMILES string of the molecule is CNc1[nH]oc2cc(C)c3nccc3c12. The summed E-state index contributed by atoms with van der Waals surface area (Å²) in [6.07, 6.45) is 1.82. The minimum Gasteiger partial charge on any atom is -0.380 e. The first-order chi connectivity index (χ1) is 7.31. The van der Waals surface area contributed by atoms with Gasteiger partial charge in [-0.2, -0.15) is 0 Å². The van der Waals surface area contributed by atoms with Crippen LogP contribution in [-0.4, -0.2) is 17.2 Å². The second-order valence-electron chi connectivity index (χ2n) is 3.60. The molecule has 0 spiro atoms. The fraction of sp³-hybridized carbons (Fsp3) is 0.182. The molecule has 0 aliphatic rings. The van der Waals surface area contributed by atoms with E-state index in [0.29, 0.717) is 0 Å². The Balaban J connectivity index is 2.59. The van der Waals surface area contributed by atoms with Gasteiger partial charge in [-0.25, -0.2) is 5.16 Å². The van der Waals surface area contributed by atoms with Crippen molar-refractivity contribution < 1.29 is 4.52 Å². The Morgan fingerprint density at radius 1 is 1.47 bits per heavy atom. The summed E-state index contributed by atoms with van der Waals surface area (Å²) >= 11 is 0. The lowest BCUT2D eigenvalue weighted by atomic mass is 10.1. The zero-order valence-corrected chi connectivity index (χ0v) is 8.59. The molecule has 4 nitrogen and oxygen atoms in total. The molecule has 2 aromatic heterocycles. The summed E-state index contributed by atoms with van der Waals surface area (Å²) in [5.41, 5.74) is 3.03. The number of H-pyrrole nitrogens is 1. The maximum atomic E-state index is 5.38. The van der Waals surface area contributed by atoms with Gasteiger partial charge >= 0.3 is 0 Å². The van der Waals surface area contributed by atoms with Crippen molar-refractivity contribution in [2.24, 2.45) is 0 Å². The van der Waals surface area contributed by atoms with Crippen molar-refractivity contribution in [1.29, 1.82) is 0 Å². The molecule has 2 heterocycles. The number of nitrogens with one attached hydrogen (secondary N) is 2. The molecule has 3 rings (SSSR count). The summed E-state index contributed by atoms with van der Waals surface area (Å²) < 4.78 is 5.38. The Kier molecular flexibility index (Phi) is 1.54. The van der Waals surface area contributed by atoms with Crippen LogP contribution in [0.15, 0.2) is 22.9 Å². The molecule has 0 aliphatic heterocycles. The maximum Gasteiger partial charge on any atom is 0.167 e. The van der Waals surface area contributed by atoms with Gasteiger partial charge in [-0.05, 0) is 24.6 Å². The molecular weight excluding hydrogens is 190 g/mol. The molecule has 2 N–H and O–H groups in total. The molecule has 0 unspecified atom stereocenters. The van der Waals surface area contributed by atoms with Crippen LogP contribution in [0.5, 0.6) is 0 Å². The fourth-order valence-corrected chi connectivity index (χ4v) is 1.99. The number of nitrogens with zero attached hydrogens (tertiary/aromatic N) is 1. The van der Waals surface area contributed by atoms with Crippen LogP contribution in [0.1, 0.15) is 5.56 Å². The van der Waals surface area contributed by atoms with Crippen LogP contribution in [0.3, 0.4) is 0 Å². The zero-order chi connectivity index (χ0) is 10.4. The van der Waals surface area contributed by atoms with Crippen LogP contribution in [0, 0.1) is 6.92 Å². The van der Waals surface area contributed by atoms with Crippen molar-refractivity contribution in [3.05, 3.63) is 23.9 Å². The predicted molar refractivity (Wildman–Crippen MR) is 60.1 cm³/mol. The van der Waals surface area contributed by atoms with Gasteiger partial charge in [0.2, 0.25) is 0 Å². The lowest BCUT2D eigenvalue weighted by Crippen LogP contribution is -1.88. The lowest BCUT2D eigenvalue weighted by Gasteiger charge is -1.98. The average molecular weight is 201 g/mol. The molecule has 15 heavy (non-hydrogen) atoms. The highest BCUT2D eigenvalue weighted by Crippen LogP contribution is 2.32. The summed E-state index contributed by atoms with van der Waals surface area (Å²) in [4.78, 5) is 4.34. The number of hydrogen-bond donors (Lipinski definition) is 2. The molecule has 0 fully saturated rings. The number of hydrogen-bond acceptors (Lipinski definition) is 3. The highest BCUT2D eigenvalue weighted by Gasteiger charge is 2.12. The van der Waals surface area contributed by atoms with Crippen molar-refractivity contribution in [1.82, 2.24) is 10.1 Å². The van der Waals surface area contributed by atoms with Crippen molar-refractivity contribution in [3.8, 4) is 0 Å². The molecule has 76 valence electrons. The second-order valence-corrected chi connectivity index (χ2v) is 3.60. The third-order valence-electron chi connectivity index (χ3n) is 2.70. The van der Waals surface area contributed by atoms with E-state index in [1.165, 1.54) is 0 Å². The third kappa shape index (κ3) is 0.986. The quantitative estimate of drug-likeness (QED) is 0.636.